The van der Waals surface area contributed by atoms with Crippen LogP contribution in [0, 0.1) is 5.82 Å². The average Bonchev–Trinajstić information content (AvgIpc) is 2.65. The molecule has 142 valence electrons. The maximum atomic E-state index is 13.7. The van der Waals surface area contributed by atoms with Crippen LogP contribution < -0.4 is 4.72 Å². The van der Waals surface area contributed by atoms with Crippen LogP contribution in [0.3, 0.4) is 0 Å². The lowest BCUT2D eigenvalue weighted by atomic mass is 9.99. The molecule has 0 aliphatic carbocycles. The molecule has 3 rings (SSSR count). The van der Waals surface area contributed by atoms with E-state index in [0.29, 0.717) is 17.5 Å². The van der Waals surface area contributed by atoms with Crippen molar-refractivity contribution in [2.75, 3.05) is 13.6 Å². The minimum atomic E-state index is -3.62. The molecule has 0 bridgehead atoms. The van der Waals surface area contributed by atoms with E-state index >= 15 is 0 Å². The van der Waals surface area contributed by atoms with E-state index in [-0.39, 0.29) is 29.1 Å². The summed E-state index contributed by atoms with van der Waals surface area (Å²) in [6.07, 6.45) is 0.319. The molecule has 0 fully saturated rings. The lowest BCUT2D eigenvalue weighted by Gasteiger charge is -2.30. The number of benzene rings is 2. The number of rotatable bonds is 4. The Balaban J connectivity index is 1.92. The highest BCUT2D eigenvalue weighted by Crippen LogP contribution is 2.26. The largest absolute Gasteiger partial charge is 0.478 e. The fourth-order valence-electron chi connectivity index (χ4n) is 3.13. The van der Waals surface area contributed by atoms with Crippen molar-refractivity contribution < 1.29 is 27.5 Å². The number of amides is 1. The molecule has 0 saturated heterocycles. The number of carbonyl (C=O) groups excluding carboxylic acids is 1. The fraction of sp³-hybridized carbons (Fsp3) is 0.222. The van der Waals surface area contributed by atoms with Crippen molar-refractivity contribution in [2.24, 2.45) is 0 Å². The third kappa shape index (κ3) is 3.69. The molecule has 1 aliphatic rings. The molecule has 0 unspecified atom stereocenters. The van der Waals surface area contributed by atoms with Gasteiger partial charge in [0.2, 0.25) is 10.0 Å². The number of hydrogen-bond donors (Lipinski definition) is 2. The Labute approximate surface area is 155 Å². The highest BCUT2D eigenvalue weighted by atomic mass is 32.2. The molecule has 2 aromatic rings. The van der Waals surface area contributed by atoms with Crippen LogP contribution in [-0.4, -0.2) is 43.9 Å². The van der Waals surface area contributed by atoms with Gasteiger partial charge in [-0.3, -0.25) is 4.79 Å². The van der Waals surface area contributed by atoms with Crippen LogP contribution in [0.25, 0.3) is 0 Å². The van der Waals surface area contributed by atoms with Gasteiger partial charge in [0.05, 0.1) is 10.5 Å². The molecule has 0 atom stereocenters. The Morgan fingerprint density at radius 3 is 2.56 bits per heavy atom. The van der Waals surface area contributed by atoms with Crippen LogP contribution in [-0.2, 0) is 23.0 Å². The van der Waals surface area contributed by atoms with Crippen molar-refractivity contribution in [1.82, 2.24) is 9.62 Å². The van der Waals surface area contributed by atoms with Gasteiger partial charge >= 0.3 is 5.97 Å². The summed E-state index contributed by atoms with van der Waals surface area (Å²) in [7, 11) is -2.29. The number of carboxylic acid groups (broad SMARTS) is 1. The SMILES string of the molecule is CNS(=O)(=O)c1cccc2c1CCN(C(=O)c1cc(F)cc(C(=O)O)c1)C2. The van der Waals surface area contributed by atoms with Crippen LogP contribution in [0.1, 0.15) is 31.8 Å². The quantitative estimate of drug-likeness (QED) is 0.823. The van der Waals surface area contributed by atoms with E-state index in [2.05, 4.69) is 4.72 Å². The smallest absolute Gasteiger partial charge is 0.335 e. The van der Waals surface area contributed by atoms with Gasteiger partial charge < -0.3 is 10.0 Å². The zero-order valence-corrected chi connectivity index (χ0v) is 15.2. The zero-order chi connectivity index (χ0) is 19.8. The second kappa shape index (κ2) is 7.09. The van der Waals surface area contributed by atoms with Crippen molar-refractivity contribution in [1.29, 1.82) is 0 Å². The molecule has 2 aromatic carbocycles. The molecule has 0 spiro atoms. The van der Waals surface area contributed by atoms with E-state index in [1.165, 1.54) is 18.0 Å². The van der Waals surface area contributed by atoms with Gasteiger partial charge in [-0.1, -0.05) is 12.1 Å². The van der Waals surface area contributed by atoms with Crippen LogP contribution in [0.2, 0.25) is 0 Å². The van der Waals surface area contributed by atoms with Gasteiger partial charge in [0, 0.05) is 18.7 Å². The van der Waals surface area contributed by atoms with E-state index in [4.69, 9.17) is 5.11 Å². The molecular weight excluding hydrogens is 375 g/mol. The van der Waals surface area contributed by atoms with Gasteiger partial charge in [0.15, 0.2) is 0 Å². The van der Waals surface area contributed by atoms with E-state index < -0.39 is 27.7 Å². The number of nitrogens with one attached hydrogen (secondary N) is 1. The van der Waals surface area contributed by atoms with Crippen LogP contribution >= 0.6 is 0 Å². The third-order valence-electron chi connectivity index (χ3n) is 4.46. The van der Waals surface area contributed by atoms with Crippen molar-refractivity contribution in [3.05, 3.63) is 64.5 Å². The second-order valence-electron chi connectivity index (χ2n) is 6.11. The van der Waals surface area contributed by atoms with Gasteiger partial charge in [0.1, 0.15) is 5.82 Å². The monoisotopic (exact) mass is 392 g/mol. The predicted molar refractivity (Wildman–Crippen MR) is 94.5 cm³/mol. The molecule has 2 N–H and O–H groups in total. The molecule has 1 amide bonds. The van der Waals surface area contributed by atoms with Crippen molar-refractivity contribution in [3.63, 3.8) is 0 Å². The fourth-order valence-corrected chi connectivity index (χ4v) is 4.16. The molecular formula is C18H17FN2O5S. The molecule has 0 saturated carbocycles. The number of hydrogen-bond acceptors (Lipinski definition) is 4. The molecule has 0 aromatic heterocycles. The number of carbonyl (C=O) groups is 2. The van der Waals surface area contributed by atoms with Gasteiger partial charge in [0.25, 0.3) is 5.91 Å². The highest BCUT2D eigenvalue weighted by Gasteiger charge is 2.27. The van der Waals surface area contributed by atoms with Crippen LogP contribution in [0.15, 0.2) is 41.3 Å². The first-order valence-corrected chi connectivity index (χ1v) is 9.58. The standard InChI is InChI=1S/C18H17FN2O5S/c1-20-27(25,26)16-4-2-3-11-10-21(6-5-15(11)16)17(22)12-7-13(18(23)24)9-14(19)8-12/h2-4,7-9,20H,5-6,10H2,1H3,(H,23,24). The highest BCUT2D eigenvalue weighted by molar-refractivity contribution is 7.89. The van der Waals surface area contributed by atoms with Crippen molar-refractivity contribution in [2.45, 2.75) is 17.9 Å². The molecule has 0 radical (unpaired) electrons. The number of halogens is 1. The minimum absolute atomic E-state index is 0.0603. The van der Waals surface area contributed by atoms with E-state index in [0.717, 1.165) is 18.2 Å². The lowest BCUT2D eigenvalue weighted by Crippen LogP contribution is -2.37. The predicted octanol–water partition coefficient (Wildman–Crippen LogP) is 1.63. The van der Waals surface area contributed by atoms with Gasteiger partial charge in [-0.25, -0.2) is 22.3 Å². The number of sulfonamides is 1. The number of carboxylic acids is 1. The third-order valence-corrected chi connectivity index (χ3v) is 5.96. The van der Waals surface area contributed by atoms with Crippen LogP contribution in [0.5, 0.6) is 0 Å². The number of aromatic carboxylic acids is 1. The normalized spacial score (nSPS) is 13.9. The molecule has 1 heterocycles. The van der Waals surface area contributed by atoms with E-state index in [1.807, 2.05) is 0 Å². The summed E-state index contributed by atoms with van der Waals surface area (Å²) in [5, 5.41) is 9.03. The first kappa shape index (κ1) is 19.0. The average molecular weight is 392 g/mol. The van der Waals surface area contributed by atoms with Gasteiger partial charge in [-0.15, -0.1) is 0 Å². The Kier molecular flexibility index (Phi) is 4.99. The molecule has 9 heteroatoms. The van der Waals surface area contributed by atoms with Gasteiger partial charge in [-0.05, 0) is 48.9 Å². The maximum absolute atomic E-state index is 13.7. The van der Waals surface area contributed by atoms with Gasteiger partial charge in [-0.2, -0.15) is 0 Å². The lowest BCUT2D eigenvalue weighted by molar-refractivity contribution is 0.0696. The van der Waals surface area contributed by atoms with Crippen molar-refractivity contribution in [3.8, 4) is 0 Å². The Morgan fingerprint density at radius 1 is 1.19 bits per heavy atom. The first-order valence-electron chi connectivity index (χ1n) is 8.10. The molecule has 1 aliphatic heterocycles. The topological polar surface area (TPSA) is 104 Å². The minimum Gasteiger partial charge on any atom is -0.478 e. The number of nitrogens with zero attached hydrogens (tertiary/aromatic N) is 1. The van der Waals surface area contributed by atoms with Crippen molar-refractivity contribution >= 4 is 21.9 Å². The zero-order valence-electron chi connectivity index (χ0n) is 14.4. The molecule has 7 nitrogen and oxygen atoms in total. The number of fused-ring (bicyclic) bond motifs is 1. The Morgan fingerprint density at radius 2 is 1.89 bits per heavy atom. The Bertz CT molecular complexity index is 1040. The van der Waals surface area contributed by atoms with Crippen LogP contribution in [0.4, 0.5) is 4.39 Å². The summed E-state index contributed by atoms with van der Waals surface area (Å²) in [5.41, 5.74) is 0.954. The Hall–Kier alpha value is -2.78. The summed E-state index contributed by atoms with van der Waals surface area (Å²) in [6.45, 7) is 0.390. The summed E-state index contributed by atoms with van der Waals surface area (Å²) in [6, 6.07) is 7.81. The van der Waals surface area contributed by atoms with E-state index in [1.54, 1.807) is 12.1 Å². The first-order chi connectivity index (χ1) is 12.7. The summed E-state index contributed by atoms with van der Waals surface area (Å²) in [5.74, 6) is -2.64. The summed E-state index contributed by atoms with van der Waals surface area (Å²) in [4.78, 5) is 25.4. The summed E-state index contributed by atoms with van der Waals surface area (Å²) < 4.78 is 40.3. The second-order valence-corrected chi connectivity index (χ2v) is 7.97. The molecule has 27 heavy (non-hydrogen) atoms. The van der Waals surface area contributed by atoms with E-state index in [9.17, 15) is 22.4 Å². The maximum Gasteiger partial charge on any atom is 0.335 e. The summed E-state index contributed by atoms with van der Waals surface area (Å²) >= 11 is 0.